The molecule has 1 aliphatic rings. The summed E-state index contributed by atoms with van der Waals surface area (Å²) in [6.07, 6.45) is -3.19. The molecule has 1 unspecified atom stereocenters. The summed E-state index contributed by atoms with van der Waals surface area (Å²) in [4.78, 5) is -0.656. The maximum Gasteiger partial charge on any atom is 0.417 e. The van der Waals surface area contributed by atoms with Gasteiger partial charge < -0.3 is 0 Å². The molecule has 0 bridgehead atoms. The molecule has 0 amide bonds. The SMILES string of the molecule is O=S(=O)(c1ccccc1C(F)(F)F)N1CCC(CCBr)C1. The van der Waals surface area contributed by atoms with Crippen LogP contribution in [0.4, 0.5) is 13.2 Å². The number of hydrogen-bond acceptors (Lipinski definition) is 2. The van der Waals surface area contributed by atoms with Gasteiger partial charge in [-0.15, -0.1) is 0 Å². The Hall–Kier alpha value is -0.600. The zero-order valence-electron chi connectivity index (χ0n) is 11.1. The Balaban J connectivity index is 2.34. The third kappa shape index (κ3) is 3.60. The molecule has 1 saturated heterocycles. The van der Waals surface area contributed by atoms with E-state index < -0.39 is 26.7 Å². The number of nitrogens with zero attached hydrogens (tertiary/aromatic N) is 1. The molecule has 1 aromatic rings. The van der Waals surface area contributed by atoms with Gasteiger partial charge in [-0.05, 0) is 30.9 Å². The van der Waals surface area contributed by atoms with E-state index in [0.29, 0.717) is 6.42 Å². The molecule has 1 atom stereocenters. The summed E-state index contributed by atoms with van der Waals surface area (Å²) in [5.41, 5.74) is -1.10. The minimum absolute atomic E-state index is 0.192. The minimum atomic E-state index is -4.68. The van der Waals surface area contributed by atoms with Crippen molar-refractivity contribution in [2.75, 3.05) is 18.4 Å². The summed E-state index contributed by atoms with van der Waals surface area (Å²) in [5, 5.41) is 0.755. The van der Waals surface area contributed by atoms with Crippen molar-refractivity contribution < 1.29 is 21.6 Å². The molecule has 0 saturated carbocycles. The molecular formula is C13H15BrF3NO2S. The molecule has 1 heterocycles. The van der Waals surface area contributed by atoms with Gasteiger partial charge in [0.05, 0.1) is 10.5 Å². The predicted octanol–water partition coefficient (Wildman–Crippen LogP) is 3.50. The lowest BCUT2D eigenvalue weighted by molar-refractivity contribution is -0.139. The number of alkyl halides is 4. The standard InChI is InChI=1S/C13H15BrF3NO2S/c14-7-5-10-6-8-18(9-10)21(19,20)12-4-2-1-3-11(12)13(15,16)17/h1-4,10H,5-9H2. The van der Waals surface area contributed by atoms with Crippen LogP contribution in [0.1, 0.15) is 18.4 Å². The fourth-order valence-corrected chi connectivity index (χ4v) is 4.86. The summed E-state index contributed by atoms with van der Waals surface area (Å²) >= 11 is 3.30. The van der Waals surface area contributed by atoms with Crippen molar-refractivity contribution in [3.8, 4) is 0 Å². The van der Waals surface area contributed by atoms with E-state index in [9.17, 15) is 21.6 Å². The molecule has 0 aliphatic carbocycles. The highest BCUT2D eigenvalue weighted by Crippen LogP contribution is 2.36. The van der Waals surface area contributed by atoms with Crippen LogP contribution in [0.5, 0.6) is 0 Å². The quantitative estimate of drug-likeness (QED) is 0.743. The van der Waals surface area contributed by atoms with Gasteiger partial charge in [-0.25, -0.2) is 8.42 Å². The molecule has 3 nitrogen and oxygen atoms in total. The largest absolute Gasteiger partial charge is 0.417 e. The van der Waals surface area contributed by atoms with Gasteiger partial charge in [0.15, 0.2) is 0 Å². The van der Waals surface area contributed by atoms with E-state index >= 15 is 0 Å². The average molecular weight is 386 g/mol. The third-order valence-electron chi connectivity index (χ3n) is 3.58. The number of hydrogen-bond donors (Lipinski definition) is 0. The van der Waals surface area contributed by atoms with Gasteiger partial charge in [0.25, 0.3) is 0 Å². The minimum Gasteiger partial charge on any atom is -0.207 e. The normalized spacial score (nSPS) is 20.9. The molecule has 0 aromatic heterocycles. The van der Waals surface area contributed by atoms with Gasteiger partial charge in [-0.2, -0.15) is 17.5 Å². The van der Waals surface area contributed by atoms with Crippen molar-refractivity contribution in [3.05, 3.63) is 29.8 Å². The molecule has 118 valence electrons. The maximum absolute atomic E-state index is 13.0. The van der Waals surface area contributed by atoms with E-state index in [2.05, 4.69) is 15.9 Å². The summed E-state index contributed by atoms with van der Waals surface area (Å²) in [7, 11) is -4.11. The van der Waals surface area contributed by atoms with E-state index in [1.165, 1.54) is 12.1 Å². The van der Waals surface area contributed by atoms with Crippen molar-refractivity contribution in [3.63, 3.8) is 0 Å². The van der Waals surface area contributed by atoms with Crippen molar-refractivity contribution in [1.29, 1.82) is 0 Å². The Morgan fingerprint density at radius 2 is 1.95 bits per heavy atom. The van der Waals surface area contributed by atoms with Gasteiger partial charge in [-0.3, -0.25) is 0 Å². The van der Waals surface area contributed by atoms with Crippen LogP contribution in [-0.2, 0) is 16.2 Å². The highest BCUT2D eigenvalue weighted by Gasteiger charge is 2.40. The highest BCUT2D eigenvalue weighted by molar-refractivity contribution is 9.09. The van der Waals surface area contributed by atoms with Crippen molar-refractivity contribution >= 4 is 26.0 Å². The van der Waals surface area contributed by atoms with E-state index in [1.807, 2.05) is 0 Å². The van der Waals surface area contributed by atoms with Crippen LogP contribution in [-0.4, -0.2) is 31.1 Å². The summed E-state index contributed by atoms with van der Waals surface area (Å²) < 4.78 is 65.0. The van der Waals surface area contributed by atoms with Crippen LogP contribution < -0.4 is 0 Å². The second kappa shape index (κ2) is 6.26. The van der Waals surface area contributed by atoms with Crippen molar-refractivity contribution in [2.24, 2.45) is 5.92 Å². The first kappa shape index (κ1) is 16.8. The van der Waals surface area contributed by atoms with E-state index in [-0.39, 0.29) is 19.0 Å². The first-order valence-corrected chi connectivity index (χ1v) is 9.05. The number of halogens is 4. The molecule has 1 fully saturated rings. The van der Waals surface area contributed by atoms with Crippen LogP contribution in [0.25, 0.3) is 0 Å². The highest BCUT2D eigenvalue weighted by atomic mass is 79.9. The summed E-state index contributed by atoms with van der Waals surface area (Å²) in [5.74, 6) is 0.192. The fourth-order valence-electron chi connectivity index (χ4n) is 2.47. The van der Waals surface area contributed by atoms with Gasteiger partial charge in [0, 0.05) is 18.4 Å². The topological polar surface area (TPSA) is 37.4 Å². The molecular weight excluding hydrogens is 371 g/mol. The lowest BCUT2D eigenvalue weighted by atomic mass is 10.1. The van der Waals surface area contributed by atoms with Crippen LogP contribution in [0.2, 0.25) is 0 Å². The van der Waals surface area contributed by atoms with Crippen LogP contribution in [0.3, 0.4) is 0 Å². The lowest BCUT2D eigenvalue weighted by Gasteiger charge is -2.19. The molecule has 0 radical (unpaired) electrons. The maximum atomic E-state index is 13.0. The molecule has 1 aromatic carbocycles. The second-order valence-electron chi connectivity index (χ2n) is 4.99. The Morgan fingerprint density at radius 3 is 2.57 bits per heavy atom. The zero-order chi connectivity index (χ0) is 15.7. The van der Waals surface area contributed by atoms with Gasteiger partial charge in [0.1, 0.15) is 0 Å². The first-order chi connectivity index (χ1) is 9.76. The lowest BCUT2D eigenvalue weighted by Crippen LogP contribution is -2.30. The van der Waals surface area contributed by atoms with Crippen molar-refractivity contribution in [2.45, 2.75) is 23.9 Å². The van der Waals surface area contributed by atoms with Gasteiger partial charge in [-0.1, -0.05) is 28.1 Å². The Bertz CT molecular complexity index is 604. The molecule has 2 rings (SSSR count). The Morgan fingerprint density at radius 1 is 1.29 bits per heavy atom. The van der Waals surface area contributed by atoms with Crippen molar-refractivity contribution in [1.82, 2.24) is 4.31 Å². The van der Waals surface area contributed by atoms with E-state index in [1.54, 1.807) is 0 Å². The van der Waals surface area contributed by atoms with Gasteiger partial charge in [0.2, 0.25) is 10.0 Å². The predicted molar refractivity (Wildman–Crippen MR) is 76.7 cm³/mol. The Labute approximate surface area is 130 Å². The van der Waals surface area contributed by atoms with Gasteiger partial charge >= 0.3 is 6.18 Å². The van der Waals surface area contributed by atoms with E-state index in [0.717, 1.165) is 28.2 Å². The van der Waals surface area contributed by atoms with Crippen LogP contribution in [0.15, 0.2) is 29.2 Å². The van der Waals surface area contributed by atoms with Crippen LogP contribution >= 0.6 is 15.9 Å². The summed E-state index contributed by atoms with van der Waals surface area (Å²) in [6.45, 7) is 0.548. The third-order valence-corrected chi connectivity index (χ3v) is 5.96. The zero-order valence-corrected chi connectivity index (χ0v) is 13.5. The monoisotopic (exact) mass is 385 g/mol. The molecule has 21 heavy (non-hydrogen) atoms. The number of rotatable bonds is 4. The second-order valence-corrected chi connectivity index (χ2v) is 7.69. The fraction of sp³-hybridized carbons (Fsp3) is 0.538. The summed E-state index contributed by atoms with van der Waals surface area (Å²) in [6, 6.07) is 4.34. The number of benzene rings is 1. The Kier molecular flexibility index (Phi) is 4.99. The number of sulfonamides is 1. The smallest absolute Gasteiger partial charge is 0.207 e. The molecule has 8 heteroatoms. The first-order valence-electron chi connectivity index (χ1n) is 6.49. The average Bonchev–Trinajstić information content (AvgIpc) is 2.87. The molecule has 1 aliphatic heterocycles. The van der Waals surface area contributed by atoms with E-state index in [4.69, 9.17) is 0 Å². The molecule has 0 N–H and O–H groups in total. The molecule has 0 spiro atoms. The van der Waals surface area contributed by atoms with Crippen LogP contribution in [0, 0.1) is 5.92 Å².